The SMILES string of the molecule is Nc1cnc(-c2cc3cc(Cl)ccc3o2)cn1. The highest BCUT2D eigenvalue weighted by Gasteiger charge is 2.07. The number of hydrogen-bond acceptors (Lipinski definition) is 4. The van der Waals surface area contributed by atoms with E-state index in [0.29, 0.717) is 22.3 Å². The van der Waals surface area contributed by atoms with E-state index < -0.39 is 0 Å². The van der Waals surface area contributed by atoms with Crippen LogP contribution in [0.3, 0.4) is 0 Å². The third-order valence-electron chi connectivity index (χ3n) is 2.40. The van der Waals surface area contributed by atoms with Crippen molar-refractivity contribution >= 4 is 28.4 Å². The van der Waals surface area contributed by atoms with Crippen LogP contribution in [0.4, 0.5) is 5.82 Å². The second-order valence-corrected chi connectivity index (χ2v) is 4.06. The minimum Gasteiger partial charge on any atom is -0.454 e. The van der Waals surface area contributed by atoms with E-state index in [4.69, 9.17) is 21.8 Å². The van der Waals surface area contributed by atoms with Crippen molar-refractivity contribution in [1.29, 1.82) is 0 Å². The first-order valence-corrected chi connectivity index (χ1v) is 5.37. The molecule has 2 N–H and O–H groups in total. The molecule has 3 rings (SSSR count). The Labute approximate surface area is 102 Å². The second kappa shape index (κ2) is 3.75. The molecule has 0 saturated carbocycles. The number of benzene rings is 1. The van der Waals surface area contributed by atoms with Crippen LogP contribution in [-0.4, -0.2) is 9.97 Å². The second-order valence-electron chi connectivity index (χ2n) is 3.62. The molecule has 3 aromatic rings. The zero-order valence-corrected chi connectivity index (χ0v) is 9.48. The third-order valence-corrected chi connectivity index (χ3v) is 2.64. The van der Waals surface area contributed by atoms with Gasteiger partial charge in [-0.25, -0.2) is 9.97 Å². The van der Waals surface area contributed by atoms with E-state index in [2.05, 4.69) is 9.97 Å². The summed E-state index contributed by atoms with van der Waals surface area (Å²) in [5, 5.41) is 1.61. The van der Waals surface area contributed by atoms with Crippen molar-refractivity contribution < 1.29 is 4.42 Å². The van der Waals surface area contributed by atoms with Crippen LogP contribution in [0, 0.1) is 0 Å². The van der Waals surface area contributed by atoms with Crippen LogP contribution in [0.1, 0.15) is 0 Å². The molecule has 0 aliphatic heterocycles. The lowest BCUT2D eigenvalue weighted by molar-refractivity contribution is 0.628. The molecule has 0 atom stereocenters. The van der Waals surface area contributed by atoms with Gasteiger partial charge in [0.15, 0.2) is 5.76 Å². The maximum absolute atomic E-state index is 5.91. The largest absolute Gasteiger partial charge is 0.454 e. The van der Waals surface area contributed by atoms with Crippen LogP contribution in [0.5, 0.6) is 0 Å². The van der Waals surface area contributed by atoms with Crippen LogP contribution in [0.15, 0.2) is 41.1 Å². The number of nitrogens with zero attached hydrogens (tertiary/aromatic N) is 2. The molecule has 5 heteroatoms. The first-order chi connectivity index (χ1) is 8.22. The van der Waals surface area contributed by atoms with Gasteiger partial charge in [-0.05, 0) is 24.3 Å². The van der Waals surface area contributed by atoms with Gasteiger partial charge in [-0.1, -0.05) is 11.6 Å². The van der Waals surface area contributed by atoms with Gasteiger partial charge in [0.25, 0.3) is 0 Å². The van der Waals surface area contributed by atoms with Gasteiger partial charge in [0.2, 0.25) is 0 Å². The van der Waals surface area contributed by atoms with Crippen molar-refractivity contribution in [2.24, 2.45) is 0 Å². The molecule has 17 heavy (non-hydrogen) atoms. The molecule has 0 bridgehead atoms. The average molecular weight is 246 g/mol. The fourth-order valence-corrected chi connectivity index (χ4v) is 1.79. The molecule has 0 unspecified atom stereocenters. The Morgan fingerprint density at radius 1 is 1.12 bits per heavy atom. The summed E-state index contributed by atoms with van der Waals surface area (Å²) in [5.41, 5.74) is 6.89. The normalized spacial score (nSPS) is 10.9. The van der Waals surface area contributed by atoms with E-state index in [1.54, 1.807) is 12.3 Å². The number of halogens is 1. The first kappa shape index (κ1) is 10.1. The average Bonchev–Trinajstić information content (AvgIpc) is 2.72. The van der Waals surface area contributed by atoms with Gasteiger partial charge >= 0.3 is 0 Å². The topological polar surface area (TPSA) is 64.9 Å². The molecular weight excluding hydrogens is 238 g/mol. The van der Waals surface area contributed by atoms with Gasteiger partial charge in [-0.3, -0.25) is 0 Å². The lowest BCUT2D eigenvalue weighted by Crippen LogP contribution is -1.91. The highest BCUT2D eigenvalue weighted by atomic mass is 35.5. The van der Waals surface area contributed by atoms with Crippen LogP contribution >= 0.6 is 11.6 Å². The molecule has 4 nitrogen and oxygen atoms in total. The first-order valence-electron chi connectivity index (χ1n) is 4.99. The molecule has 1 aromatic carbocycles. The van der Waals surface area contributed by atoms with E-state index >= 15 is 0 Å². The standard InChI is InChI=1S/C12H8ClN3O/c13-8-1-2-10-7(3-8)4-11(17-10)9-5-16-12(14)6-15-9/h1-6H,(H2,14,16). The summed E-state index contributed by atoms with van der Waals surface area (Å²) in [6.07, 6.45) is 3.07. The van der Waals surface area contributed by atoms with Crippen molar-refractivity contribution in [1.82, 2.24) is 9.97 Å². The molecule has 0 aliphatic rings. The monoisotopic (exact) mass is 245 g/mol. The maximum Gasteiger partial charge on any atom is 0.155 e. The van der Waals surface area contributed by atoms with Crippen molar-refractivity contribution in [3.05, 3.63) is 41.7 Å². The lowest BCUT2D eigenvalue weighted by Gasteiger charge is -1.94. The summed E-state index contributed by atoms with van der Waals surface area (Å²) in [4.78, 5) is 8.12. The third kappa shape index (κ3) is 1.83. The zero-order valence-electron chi connectivity index (χ0n) is 8.72. The Hall–Kier alpha value is -2.07. The number of furan rings is 1. The summed E-state index contributed by atoms with van der Waals surface area (Å²) >= 11 is 5.91. The van der Waals surface area contributed by atoms with Gasteiger partial charge in [-0.15, -0.1) is 0 Å². The minimum absolute atomic E-state index is 0.382. The Kier molecular flexibility index (Phi) is 2.23. The minimum atomic E-state index is 0.382. The number of aromatic nitrogens is 2. The number of hydrogen-bond donors (Lipinski definition) is 1. The van der Waals surface area contributed by atoms with Crippen LogP contribution in [-0.2, 0) is 0 Å². The quantitative estimate of drug-likeness (QED) is 0.715. The summed E-state index contributed by atoms with van der Waals surface area (Å²) in [5.74, 6) is 1.03. The van der Waals surface area contributed by atoms with Crippen LogP contribution in [0.25, 0.3) is 22.4 Å². The molecule has 0 saturated heterocycles. The number of anilines is 1. The Morgan fingerprint density at radius 3 is 2.76 bits per heavy atom. The zero-order chi connectivity index (χ0) is 11.8. The molecule has 2 heterocycles. The molecule has 84 valence electrons. The van der Waals surface area contributed by atoms with Crippen LogP contribution in [0.2, 0.25) is 5.02 Å². The van der Waals surface area contributed by atoms with E-state index in [9.17, 15) is 0 Å². The van der Waals surface area contributed by atoms with Crippen molar-refractivity contribution in [3.8, 4) is 11.5 Å². The predicted molar refractivity (Wildman–Crippen MR) is 66.7 cm³/mol. The summed E-state index contributed by atoms with van der Waals surface area (Å²) < 4.78 is 5.65. The highest BCUT2D eigenvalue weighted by molar-refractivity contribution is 6.31. The fraction of sp³-hybridized carbons (Fsp3) is 0. The molecule has 0 amide bonds. The number of nitrogen functional groups attached to an aromatic ring is 1. The van der Waals surface area contributed by atoms with Crippen LogP contribution < -0.4 is 5.73 Å². The summed E-state index contributed by atoms with van der Waals surface area (Å²) in [6, 6.07) is 7.33. The maximum atomic E-state index is 5.91. The predicted octanol–water partition coefficient (Wildman–Crippen LogP) is 3.13. The smallest absolute Gasteiger partial charge is 0.155 e. The van der Waals surface area contributed by atoms with Gasteiger partial charge in [0, 0.05) is 10.4 Å². The number of fused-ring (bicyclic) bond motifs is 1. The fourth-order valence-electron chi connectivity index (χ4n) is 1.61. The molecule has 0 spiro atoms. The Morgan fingerprint density at radius 2 is 2.00 bits per heavy atom. The lowest BCUT2D eigenvalue weighted by atomic mass is 10.2. The van der Waals surface area contributed by atoms with E-state index in [-0.39, 0.29) is 0 Å². The molecule has 2 aromatic heterocycles. The van der Waals surface area contributed by atoms with Gasteiger partial charge in [0.05, 0.1) is 12.4 Å². The summed E-state index contributed by atoms with van der Waals surface area (Å²) in [7, 11) is 0. The van der Waals surface area contributed by atoms with Crippen molar-refractivity contribution in [3.63, 3.8) is 0 Å². The highest BCUT2D eigenvalue weighted by Crippen LogP contribution is 2.28. The Balaban J connectivity index is 2.14. The van der Waals surface area contributed by atoms with E-state index in [0.717, 1.165) is 11.0 Å². The Bertz CT molecular complexity index is 676. The van der Waals surface area contributed by atoms with Gasteiger partial charge < -0.3 is 10.2 Å². The molecule has 0 fully saturated rings. The van der Waals surface area contributed by atoms with Gasteiger partial charge in [0.1, 0.15) is 17.1 Å². The number of rotatable bonds is 1. The van der Waals surface area contributed by atoms with Gasteiger partial charge in [-0.2, -0.15) is 0 Å². The number of nitrogens with two attached hydrogens (primary N) is 1. The summed E-state index contributed by atoms with van der Waals surface area (Å²) in [6.45, 7) is 0. The molecule has 0 radical (unpaired) electrons. The van der Waals surface area contributed by atoms with Crippen molar-refractivity contribution in [2.75, 3.05) is 5.73 Å². The van der Waals surface area contributed by atoms with E-state index in [1.807, 2.05) is 18.2 Å². The van der Waals surface area contributed by atoms with Crippen molar-refractivity contribution in [2.45, 2.75) is 0 Å². The van der Waals surface area contributed by atoms with E-state index in [1.165, 1.54) is 6.20 Å². The molecular formula is C12H8ClN3O. The molecule has 0 aliphatic carbocycles.